The minimum absolute atomic E-state index is 0.0599. The van der Waals surface area contributed by atoms with Crippen molar-refractivity contribution in [3.05, 3.63) is 126 Å². The van der Waals surface area contributed by atoms with Crippen LogP contribution in [0.3, 0.4) is 0 Å². The molecular weight excluding hydrogens is 534 g/mol. The molecule has 0 aliphatic carbocycles. The first-order chi connectivity index (χ1) is 19.9. The summed E-state index contributed by atoms with van der Waals surface area (Å²) in [5.74, 6) is 0.324. The van der Waals surface area contributed by atoms with Crippen molar-refractivity contribution in [1.82, 2.24) is 9.21 Å². The van der Waals surface area contributed by atoms with Crippen molar-refractivity contribution in [2.75, 3.05) is 38.1 Å². The smallest absolute Gasteiger partial charge is 0.262 e. The third kappa shape index (κ3) is 7.03. The fraction of sp³-hybridized carbons (Fsp3) is 0.242. The second-order valence-corrected chi connectivity index (χ2v) is 12.0. The first kappa shape index (κ1) is 28.5. The highest BCUT2D eigenvalue weighted by molar-refractivity contribution is 7.89. The van der Waals surface area contributed by atoms with E-state index in [9.17, 15) is 13.2 Å². The van der Waals surface area contributed by atoms with Gasteiger partial charge in [0.05, 0.1) is 10.9 Å². The van der Waals surface area contributed by atoms with Crippen LogP contribution in [0.2, 0.25) is 0 Å². The summed E-state index contributed by atoms with van der Waals surface area (Å²) in [6.07, 6.45) is 0.885. The third-order valence-corrected chi connectivity index (χ3v) is 9.23. The Morgan fingerprint density at radius 1 is 0.805 bits per heavy atom. The predicted octanol–water partition coefficient (Wildman–Crippen LogP) is 5.36. The van der Waals surface area contributed by atoms with Crippen molar-refractivity contribution in [3.63, 3.8) is 0 Å². The molecule has 0 aromatic heterocycles. The number of sulfonamides is 1. The van der Waals surface area contributed by atoms with Crippen molar-refractivity contribution >= 4 is 21.6 Å². The van der Waals surface area contributed by atoms with Crippen LogP contribution in [-0.2, 0) is 21.2 Å². The first-order valence-electron chi connectivity index (χ1n) is 13.9. The molecule has 1 amide bonds. The van der Waals surface area contributed by atoms with Crippen molar-refractivity contribution < 1.29 is 17.9 Å². The molecular formula is C33H35N3O4S. The van der Waals surface area contributed by atoms with E-state index in [4.69, 9.17) is 4.74 Å². The molecule has 0 radical (unpaired) electrons. The second-order valence-electron chi connectivity index (χ2n) is 10.0. The van der Waals surface area contributed by atoms with Crippen LogP contribution in [0.25, 0.3) is 0 Å². The number of anilines is 1. The van der Waals surface area contributed by atoms with Gasteiger partial charge in [0.2, 0.25) is 10.0 Å². The Labute approximate surface area is 242 Å². The SMILES string of the molecule is CCc1cccc(OCC(=O)Nc2ccc(S(=O)(=O)N3CCN(C(c4ccccc4)c4ccccc4)CC3)cc2)c1. The van der Waals surface area contributed by atoms with Gasteiger partial charge in [0.15, 0.2) is 6.61 Å². The van der Waals surface area contributed by atoms with Crippen LogP contribution < -0.4 is 10.1 Å². The summed E-state index contributed by atoms with van der Waals surface area (Å²) in [7, 11) is -3.67. The number of ether oxygens (including phenoxy) is 1. The molecule has 0 saturated carbocycles. The molecule has 1 aliphatic heterocycles. The lowest BCUT2D eigenvalue weighted by molar-refractivity contribution is -0.118. The zero-order chi connectivity index (χ0) is 28.7. The van der Waals surface area contributed by atoms with Gasteiger partial charge in [-0.3, -0.25) is 9.69 Å². The molecule has 0 atom stereocenters. The number of nitrogens with one attached hydrogen (secondary N) is 1. The molecule has 212 valence electrons. The van der Waals surface area contributed by atoms with E-state index in [1.165, 1.54) is 11.1 Å². The highest BCUT2D eigenvalue weighted by atomic mass is 32.2. The molecule has 1 aliphatic rings. The maximum atomic E-state index is 13.4. The molecule has 41 heavy (non-hydrogen) atoms. The predicted molar refractivity (Wildman–Crippen MR) is 161 cm³/mol. The molecule has 1 heterocycles. The van der Waals surface area contributed by atoms with Gasteiger partial charge < -0.3 is 10.1 Å². The molecule has 1 saturated heterocycles. The summed E-state index contributed by atoms with van der Waals surface area (Å²) < 4.78 is 34.0. The minimum Gasteiger partial charge on any atom is -0.484 e. The largest absolute Gasteiger partial charge is 0.484 e. The highest BCUT2D eigenvalue weighted by Crippen LogP contribution is 2.30. The number of hydrogen-bond donors (Lipinski definition) is 1. The lowest BCUT2D eigenvalue weighted by atomic mass is 9.96. The van der Waals surface area contributed by atoms with Gasteiger partial charge in [-0.2, -0.15) is 4.31 Å². The molecule has 1 fully saturated rings. The molecule has 4 aromatic rings. The van der Waals surface area contributed by atoms with Gasteiger partial charge in [-0.25, -0.2) is 8.42 Å². The van der Waals surface area contributed by atoms with E-state index in [1.807, 2.05) is 60.7 Å². The van der Waals surface area contributed by atoms with Crippen LogP contribution in [-0.4, -0.2) is 56.3 Å². The molecule has 4 aromatic carbocycles. The average Bonchev–Trinajstić information content (AvgIpc) is 3.02. The van der Waals surface area contributed by atoms with Gasteiger partial charge in [0.1, 0.15) is 5.75 Å². The van der Waals surface area contributed by atoms with Crippen molar-refractivity contribution in [1.29, 1.82) is 0 Å². The number of carbonyl (C=O) groups excluding carboxylic acids is 1. The van der Waals surface area contributed by atoms with E-state index in [-0.39, 0.29) is 23.5 Å². The topological polar surface area (TPSA) is 78.9 Å². The second kappa shape index (κ2) is 13.1. The Morgan fingerprint density at radius 2 is 1.41 bits per heavy atom. The molecule has 7 nitrogen and oxygen atoms in total. The number of nitrogens with zero attached hydrogens (tertiary/aromatic N) is 2. The molecule has 0 bridgehead atoms. The monoisotopic (exact) mass is 569 g/mol. The number of carbonyl (C=O) groups is 1. The minimum atomic E-state index is -3.67. The fourth-order valence-electron chi connectivity index (χ4n) is 5.15. The summed E-state index contributed by atoms with van der Waals surface area (Å²) >= 11 is 0. The average molecular weight is 570 g/mol. The molecule has 1 N–H and O–H groups in total. The maximum Gasteiger partial charge on any atom is 0.262 e. The summed E-state index contributed by atoms with van der Waals surface area (Å²) in [5.41, 5.74) is 4.02. The number of amides is 1. The van der Waals surface area contributed by atoms with Gasteiger partial charge >= 0.3 is 0 Å². The number of benzene rings is 4. The van der Waals surface area contributed by atoms with Crippen LogP contribution in [0.4, 0.5) is 5.69 Å². The number of rotatable bonds is 10. The highest BCUT2D eigenvalue weighted by Gasteiger charge is 2.32. The summed E-state index contributed by atoms with van der Waals surface area (Å²) in [4.78, 5) is 14.9. The maximum absolute atomic E-state index is 13.4. The third-order valence-electron chi connectivity index (χ3n) is 7.32. The fourth-order valence-corrected chi connectivity index (χ4v) is 6.57. The van der Waals surface area contributed by atoms with E-state index >= 15 is 0 Å². The molecule has 0 unspecified atom stereocenters. The summed E-state index contributed by atoms with van der Waals surface area (Å²) in [5, 5.41) is 2.77. The van der Waals surface area contributed by atoms with Crippen LogP contribution >= 0.6 is 0 Å². The Morgan fingerprint density at radius 3 is 2.00 bits per heavy atom. The lowest BCUT2D eigenvalue weighted by Crippen LogP contribution is -2.49. The van der Waals surface area contributed by atoms with Crippen LogP contribution in [0.5, 0.6) is 5.75 Å². The Kier molecular flexibility index (Phi) is 9.14. The van der Waals surface area contributed by atoms with Gasteiger partial charge in [0.25, 0.3) is 5.91 Å². The van der Waals surface area contributed by atoms with Crippen molar-refractivity contribution in [3.8, 4) is 5.75 Å². The van der Waals surface area contributed by atoms with Crippen LogP contribution in [0.15, 0.2) is 114 Å². The normalized spacial score (nSPS) is 14.6. The van der Waals surface area contributed by atoms with E-state index in [0.29, 0.717) is 37.6 Å². The van der Waals surface area contributed by atoms with Crippen molar-refractivity contribution in [2.45, 2.75) is 24.3 Å². The van der Waals surface area contributed by atoms with Gasteiger partial charge in [-0.15, -0.1) is 0 Å². The first-order valence-corrected chi connectivity index (χ1v) is 15.3. The van der Waals surface area contributed by atoms with Gasteiger partial charge in [0, 0.05) is 31.9 Å². The zero-order valence-corrected chi connectivity index (χ0v) is 24.0. The van der Waals surface area contributed by atoms with Gasteiger partial charge in [-0.1, -0.05) is 79.7 Å². The number of piperazine rings is 1. The Hall–Kier alpha value is -3.98. The molecule has 0 spiro atoms. The van der Waals surface area contributed by atoms with E-state index < -0.39 is 10.0 Å². The summed E-state index contributed by atoms with van der Waals surface area (Å²) in [6.45, 7) is 3.94. The molecule has 8 heteroatoms. The van der Waals surface area contributed by atoms with Crippen LogP contribution in [0.1, 0.15) is 29.7 Å². The Bertz CT molecular complexity index is 1500. The standard InChI is InChI=1S/C33H35N3O4S/c1-2-26-10-9-15-30(24-26)40-25-32(37)34-29-16-18-31(19-17-29)41(38,39)36-22-20-35(21-23-36)33(27-11-5-3-6-12-27)28-13-7-4-8-14-28/h3-19,24,33H,2,20-23,25H2,1H3,(H,34,37). The number of aryl methyl sites for hydroxylation is 1. The van der Waals surface area contributed by atoms with Crippen LogP contribution in [0, 0.1) is 0 Å². The zero-order valence-electron chi connectivity index (χ0n) is 23.1. The summed E-state index contributed by atoms with van der Waals surface area (Å²) in [6, 6.07) is 34.7. The number of hydrogen-bond acceptors (Lipinski definition) is 5. The quantitative estimate of drug-likeness (QED) is 0.278. The Balaban J connectivity index is 1.19. The lowest BCUT2D eigenvalue weighted by Gasteiger charge is -2.39. The van der Waals surface area contributed by atoms with Gasteiger partial charge in [-0.05, 0) is 59.5 Å². The molecule has 5 rings (SSSR count). The van der Waals surface area contributed by atoms with E-state index in [0.717, 1.165) is 12.0 Å². The van der Waals surface area contributed by atoms with E-state index in [2.05, 4.69) is 41.4 Å². The van der Waals surface area contributed by atoms with Crippen molar-refractivity contribution in [2.24, 2.45) is 0 Å². The van der Waals surface area contributed by atoms with E-state index in [1.54, 1.807) is 28.6 Å².